The second-order valence-corrected chi connectivity index (χ2v) is 11.6. The quantitative estimate of drug-likeness (QED) is 0.176. The Morgan fingerprint density at radius 1 is 0.927 bits per heavy atom. The third-order valence-electron chi connectivity index (χ3n) is 7.79. The molecule has 0 N–H and O–H groups in total. The van der Waals surface area contributed by atoms with Crippen LogP contribution in [-0.2, 0) is 22.6 Å². The van der Waals surface area contributed by atoms with Crippen molar-refractivity contribution in [3.8, 4) is 11.3 Å². The molecule has 0 radical (unpaired) electrons. The van der Waals surface area contributed by atoms with Crippen molar-refractivity contribution < 1.29 is 14.3 Å². The van der Waals surface area contributed by atoms with E-state index in [1.807, 2.05) is 55.6 Å². The van der Waals surface area contributed by atoms with Gasteiger partial charge in [-0.1, -0.05) is 79.9 Å². The van der Waals surface area contributed by atoms with Gasteiger partial charge in [0.1, 0.15) is 12.9 Å². The summed E-state index contributed by atoms with van der Waals surface area (Å²) in [5.41, 5.74) is 7.03. The molecule has 0 spiro atoms. The Bertz CT molecular complexity index is 1430. The number of hydrogen-bond acceptors (Lipinski definition) is 6. The summed E-state index contributed by atoms with van der Waals surface area (Å²) in [4.78, 5) is 32.7. The molecule has 0 saturated heterocycles. The smallest absolute Gasteiger partial charge is 0.253 e. The van der Waals surface area contributed by atoms with Crippen LogP contribution in [0.25, 0.3) is 11.3 Å². The van der Waals surface area contributed by atoms with Gasteiger partial charge in [0.05, 0.1) is 12.2 Å². The van der Waals surface area contributed by atoms with E-state index in [0.29, 0.717) is 24.6 Å². The predicted octanol–water partition coefficient (Wildman–Crippen LogP) is 7.49. The molecular formula is C34H37N3O3S. The number of thiazole rings is 1. The zero-order chi connectivity index (χ0) is 28.6. The van der Waals surface area contributed by atoms with Gasteiger partial charge in [-0.2, -0.15) is 0 Å². The Labute approximate surface area is 246 Å². The molecular weight excluding hydrogens is 530 g/mol. The molecule has 1 fully saturated rings. The van der Waals surface area contributed by atoms with Crippen LogP contribution in [0.1, 0.15) is 65.1 Å². The fourth-order valence-corrected chi connectivity index (χ4v) is 6.27. The fourth-order valence-electron chi connectivity index (χ4n) is 5.47. The number of methoxy groups -OCH3 is 1. The van der Waals surface area contributed by atoms with E-state index in [1.54, 1.807) is 23.3 Å². The Balaban J connectivity index is 1.27. The zero-order valence-electron chi connectivity index (χ0n) is 23.8. The molecule has 0 atom stereocenters. The summed E-state index contributed by atoms with van der Waals surface area (Å²) >= 11 is 1.59. The molecule has 0 bridgehead atoms. The van der Waals surface area contributed by atoms with Gasteiger partial charge in [0.25, 0.3) is 5.91 Å². The number of nitrogens with zero attached hydrogens (tertiary/aromatic N) is 3. The highest BCUT2D eigenvalue weighted by atomic mass is 32.1. The van der Waals surface area contributed by atoms with Crippen molar-refractivity contribution >= 4 is 34.3 Å². The van der Waals surface area contributed by atoms with Crippen molar-refractivity contribution in [1.82, 2.24) is 4.98 Å². The molecule has 0 aliphatic heterocycles. The van der Waals surface area contributed by atoms with Crippen molar-refractivity contribution in [2.24, 2.45) is 0 Å². The summed E-state index contributed by atoms with van der Waals surface area (Å²) in [7, 11) is 3.57. The number of amides is 1. The first-order chi connectivity index (χ1) is 20.0. The van der Waals surface area contributed by atoms with Gasteiger partial charge in [-0.15, -0.1) is 11.3 Å². The highest BCUT2D eigenvalue weighted by molar-refractivity contribution is 7.14. The first-order valence-electron chi connectivity index (χ1n) is 14.2. The van der Waals surface area contributed by atoms with Crippen LogP contribution in [-0.4, -0.2) is 37.9 Å². The number of carbonyl (C=O) groups is 2. The third-order valence-corrected chi connectivity index (χ3v) is 8.75. The van der Waals surface area contributed by atoms with Crippen LogP contribution in [0.5, 0.6) is 0 Å². The van der Waals surface area contributed by atoms with E-state index in [0.717, 1.165) is 39.5 Å². The Morgan fingerprint density at radius 2 is 1.59 bits per heavy atom. The van der Waals surface area contributed by atoms with Crippen LogP contribution in [0.4, 0.5) is 10.8 Å². The number of ether oxygens (including phenoxy) is 1. The van der Waals surface area contributed by atoms with E-state index in [-0.39, 0.29) is 12.5 Å². The minimum atomic E-state index is -0.0737. The second-order valence-electron chi connectivity index (χ2n) is 10.8. The van der Waals surface area contributed by atoms with Crippen molar-refractivity contribution in [3.63, 3.8) is 0 Å². The molecule has 5 rings (SSSR count). The highest BCUT2D eigenvalue weighted by Crippen LogP contribution is 2.33. The SMILES string of the molecule is COCC(=O)N(Cc1ccc(C2CCCCC2)cc1)c1ccc(-c2csc(N(C)Cc3ccc(C=O)cc3)n2)cc1. The van der Waals surface area contributed by atoms with E-state index in [1.165, 1.54) is 37.7 Å². The number of aromatic nitrogens is 1. The summed E-state index contributed by atoms with van der Waals surface area (Å²) in [6.45, 7) is 1.22. The highest BCUT2D eigenvalue weighted by Gasteiger charge is 2.19. The maximum absolute atomic E-state index is 13.0. The average Bonchev–Trinajstić information content (AvgIpc) is 3.52. The Kier molecular flexibility index (Phi) is 9.59. The van der Waals surface area contributed by atoms with Gasteiger partial charge in [0, 0.05) is 42.9 Å². The first kappa shape index (κ1) is 28.7. The maximum Gasteiger partial charge on any atom is 0.253 e. The van der Waals surface area contributed by atoms with Gasteiger partial charge in [-0.25, -0.2) is 4.98 Å². The van der Waals surface area contributed by atoms with E-state index >= 15 is 0 Å². The van der Waals surface area contributed by atoms with Gasteiger partial charge in [0.2, 0.25) is 0 Å². The predicted molar refractivity (Wildman–Crippen MR) is 167 cm³/mol. The van der Waals surface area contributed by atoms with E-state index in [9.17, 15) is 9.59 Å². The molecule has 1 amide bonds. The molecule has 1 aliphatic carbocycles. The average molecular weight is 568 g/mol. The molecule has 1 saturated carbocycles. The van der Waals surface area contributed by atoms with Crippen LogP contribution >= 0.6 is 11.3 Å². The van der Waals surface area contributed by atoms with Crippen LogP contribution in [0.3, 0.4) is 0 Å². The summed E-state index contributed by atoms with van der Waals surface area (Å²) in [6.07, 6.45) is 7.39. The first-order valence-corrected chi connectivity index (χ1v) is 15.1. The van der Waals surface area contributed by atoms with Crippen molar-refractivity contribution in [2.75, 3.05) is 30.6 Å². The monoisotopic (exact) mass is 567 g/mol. The zero-order valence-corrected chi connectivity index (χ0v) is 24.6. The van der Waals surface area contributed by atoms with Crippen LogP contribution < -0.4 is 9.80 Å². The summed E-state index contributed by atoms with van der Waals surface area (Å²) < 4.78 is 5.19. The van der Waals surface area contributed by atoms with Crippen molar-refractivity contribution in [2.45, 2.75) is 51.1 Å². The number of benzene rings is 3. The number of carbonyl (C=O) groups excluding carboxylic acids is 2. The Hall–Kier alpha value is -3.81. The molecule has 4 aromatic rings. The van der Waals surface area contributed by atoms with E-state index < -0.39 is 0 Å². The Morgan fingerprint density at radius 3 is 2.24 bits per heavy atom. The van der Waals surface area contributed by atoms with Crippen LogP contribution in [0.15, 0.2) is 78.2 Å². The molecule has 1 aliphatic rings. The van der Waals surface area contributed by atoms with E-state index in [4.69, 9.17) is 9.72 Å². The maximum atomic E-state index is 13.0. The molecule has 41 heavy (non-hydrogen) atoms. The van der Waals surface area contributed by atoms with Crippen LogP contribution in [0.2, 0.25) is 0 Å². The lowest BCUT2D eigenvalue weighted by molar-refractivity contribution is -0.122. The van der Waals surface area contributed by atoms with Crippen LogP contribution in [0, 0.1) is 0 Å². The molecule has 1 aromatic heterocycles. The minimum Gasteiger partial charge on any atom is -0.375 e. The summed E-state index contributed by atoms with van der Waals surface area (Å²) in [6, 6.07) is 24.4. The molecule has 3 aromatic carbocycles. The van der Waals surface area contributed by atoms with Crippen molar-refractivity contribution in [3.05, 3.63) is 100 Å². The molecule has 1 heterocycles. The fraction of sp³-hybridized carbons (Fsp3) is 0.324. The van der Waals surface area contributed by atoms with Gasteiger partial charge in [-0.05, 0) is 47.6 Å². The molecule has 0 unspecified atom stereocenters. The topological polar surface area (TPSA) is 62.7 Å². The number of anilines is 2. The summed E-state index contributed by atoms with van der Waals surface area (Å²) in [5, 5.41) is 2.97. The standard InChI is InChI=1S/C34H37N3O3S/c1-36(20-25-8-10-27(22-38)11-9-25)34-35-32(24-41-34)30-16-18-31(19-17-30)37(33(39)23-40-2)21-26-12-14-29(15-13-26)28-6-4-3-5-7-28/h8-19,22,24,28H,3-7,20-21,23H2,1-2H3. The lowest BCUT2D eigenvalue weighted by atomic mass is 9.84. The van der Waals surface area contributed by atoms with Gasteiger partial charge < -0.3 is 14.5 Å². The largest absolute Gasteiger partial charge is 0.375 e. The molecule has 212 valence electrons. The third kappa shape index (κ3) is 7.29. The number of rotatable bonds is 11. The second kappa shape index (κ2) is 13.7. The minimum absolute atomic E-state index is 0.0293. The van der Waals surface area contributed by atoms with Gasteiger partial charge in [0.15, 0.2) is 5.13 Å². The van der Waals surface area contributed by atoms with E-state index in [2.05, 4.69) is 34.5 Å². The van der Waals surface area contributed by atoms with Crippen molar-refractivity contribution in [1.29, 1.82) is 0 Å². The normalized spacial score (nSPS) is 13.6. The lowest BCUT2D eigenvalue weighted by Gasteiger charge is -2.24. The van der Waals surface area contributed by atoms with Gasteiger partial charge >= 0.3 is 0 Å². The number of hydrogen-bond donors (Lipinski definition) is 0. The lowest BCUT2D eigenvalue weighted by Crippen LogP contribution is -2.33. The number of aldehydes is 1. The molecule has 7 heteroatoms. The van der Waals surface area contributed by atoms with Gasteiger partial charge in [-0.3, -0.25) is 9.59 Å². The molecule has 6 nitrogen and oxygen atoms in total. The summed E-state index contributed by atoms with van der Waals surface area (Å²) in [5.74, 6) is 0.591.